The Bertz CT molecular complexity index is 605. The fourth-order valence-corrected chi connectivity index (χ4v) is 2.05. The SMILES string of the molecule is CC(Oc1nc(C(=O)NCC(C)(C)C)ccc1C1CC1)C(F)(F)F. The van der Waals surface area contributed by atoms with Crippen LogP contribution in [0.25, 0.3) is 0 Å². The number of hydrogen-bond acceptors (Lipinski definition) is 3. The fourth-order valence-electron chi connectivity index (χ4n) is 2.05. The molecular weight excluding hydrogens is 321 g/mol. The monoisotopic (exact) mass is 344 g/mol. The number of halogens is 3. The predicted molar refractivity (Wildman–Crippen MR) is 84.1 cm³/mol. The van der Waals surface area contributed by atoms with Crippen LogP contribution < -0.4 is 10.1 Å². The number of pyridine rings is 1. The minimum Gasteiger partial charge on any atom is -0.465 e. The van der Waals surface area contributed by atoms with Crippen LogP contribution in [0.5, 0.6) is 5.88 Å². The number of amides is 1. The van der Waals surface area contributed by atoms with Crippen molar-refractivity contribution in [3.05, 3.63) is 23.4 Å². The summed E-state index contributed by atoms with van der Waals surface area (Å²) >= 11 is 0. The van der Waals surface area contributed by atoms with Gasteiger partial charge in [-0.3, -0.25) is 4.79 Å². The first-order valence-corrected chi connectivity index (χ1v) is 8.00. The summed E-state index contributed by atoms with van der Waals surface area (Å²) in [5.74, 6) is -0.345. The molecule has 1 atom stereocenters. The van der Waals surface area contributed by atoms with Crippen LogP contribution in [0.1, 0.15) is 62.5 Å². The zero-order valence-corrected chi connectivity index (χ0v) is 14.3. The molecule has 1 unspecified atom stereocenters. The van der Waals surface area contributed by atoms with E-state index in [0.717, 1.165) is 19.8 Å². The van der Waals surface area contributed by atoms with E-state index >= 15 is 0 Å². The molecule has 0 bridgehead atoms. The first-order chi connectivity index (χ1) is 11.0. The number of alkyl halides is 3. The lowest BCUT2D eigenvalue weighted by Crippen LogP contribution is -2.34. The van der Waals surface area contributed by atoms with E-state index < -0.39 is 18.2 Å². The van der Waals surface area contributed by atoms with Crippen molar-refractivity contribution in [3.63, 3.8) is 0 Å². The summed E-state index contributed by atoms with van der Waals surface area (Å²) in [5, 5.41) is 2.73. The molecule has 0 aromatic carbocycles. The van der Waals surface area contributed by atoms with E-state index in [0.29, 0.717) is 12.1 Å². The standard InChI is InChI=1S/C17H23F3N2O2/c1-10(17(18,19)20)24-15-12(11-5-6-11)7-8-13(22-15)14(23)21-9-16(2,3)4/h7-8,10-11H,5-6,9H2,1-4H3,(H,21,23). The summed E-state index contributed by atoms with van der Waals surface area (Å²) in [6.45, 7) is 7.28. The van der Waals surface area contributed by atoms with Gasteiger partial charge in [-0.2, -0.15) is 13.2 Å². The zero-order chi connectivity index (χ0) is 18.1. The fraction of sp³-hybridized carbons (Fsp3) is 0.647. The number of rotatable bonds is 5. The van der Waals surface area contributed by atoms with Crippen LogP contribution in [0, 0.1) is 5.41 Å². The van der Waals surface area contributed by atoms with Crippen molar-refractivity contribution in [3.8, 4) is 5.88 Å². The molecule has 1 aromatic heterocycles. The van der Waals surface area contributed by atoms with Gasteiger partial charge in [0, 0.05) is 12.1 Å². The lowest BCUT2D eigenvalue weighted by Gasteiger charge is -2.20. The summed E-state index contributed by atoms with van der Waals surface area (Å²) in [6.07, 6.45) is -4.66. The van der Waals surface area contributed by atoms with E-state index in [2.05, 4.69) is 10.3 Å². The minimum absolute atomic E-state index is 0.0630. The maximum atomic E-state index is 12.8. The van der Waals surface area contributed by atoms with Crippen molar-refractivity contribution in [1.82, 2.24) is 10.3 Å². The highest BCUT2D eigenvalue weighted by Gasteiger charge is 2.39. The third-order valence-electron chi connectivity index (χ3n) is 3.67. The lowest BCUT2D eigenvalue weighted by atomic mass is 9.97. The summed E-state index contributed by atoms with van der Waals surface area (Å²) in [4.78, 5) is 16.2. The quantitative estimate of drug-likeness (QED) is 0.876. The predicted octanol–water partition coefficient (Wildman–Crippen LogP) is 4.06. The van der Waals surface area contributed by atoms with E-state index in [1.807, 2.05) is 20.8 Å². The molecule has 0 spiro atoms. The normalized spacial score (nSPS) is 16.6. The highest BCUT2D eigenvalue weighted by molar-refractivity contribution is 5.92. The molecule has 0 radical (unpaired) electrons. The van der Waals surface area contributed by atoms with Gasteiger partial charge in [-0.15, -0.1) is 0 Å². The van der Waals surface area contributed by atoms with Crippen molar-refractivity contribution in [2.75, 3.05) is 6.54 Å². The molecule has 1 aliphatic rings. The van der Waals surface area contributed by atoms with Gasteiger partial charge in [-0.05, 0) is 37.2 Å². The lowest BCUT2D eigenvalue weighted by molar-refractivity contribution is -0.190. The maximum Gasteiger partial charge on any atom is 0.425 e. The molecule has 1 aromatic rings. The molecule has 0 aliphatic heterocycles. The van der Waals surface area contributed by atoms with Crippen LogP contribution in [-0.2, 0) is 0 Å². The Morgan fingerprint density at radius 3 is 2.46 bits per heavy atom. The Morgan fingerprint density at radius 2 is 1.96 bits per heavy atom. The number of carbonyl (C=O) groups is 1. The van der Waals surface area contributed by atoms with E-state index in [1.165, 1.54) is 6.07 Å². The first kappa shape index (κ1) is 18.5. The van der Waals surface area contributed by atoms with Crippen molar-refractivity contribution in [2.45, 2.75) is 58.7 Å². The molecule has 1 heterocycles. The average Bonchev–Trinajstić information content (AvgIpc) is 3.27. The molecule has 4 nitrogen and oxygen atoms in total. The van der Waals surface area contributed by atoms with Gasteiger partial charge in [0.25, 0.3) is 5.91 Å². The molecule has 1 fully saturated rings. The van der Waals surface area contributed by atoms with Crippen LogP contribution >= 0.6 is 0 Å². The second-order valence-corrected chi connectivity index (χ2v) is 7.41. The largest absolute Gasteiger partial charge is 0.465 e. The minimum atomic E-state index is -4.48. The third kappa shape index (κ3) is 5.11. The van der Waals surface area contributed by atoms with Crippen LogP contribution in [0.3, 0.4) is 0 Å². The summed E-state index contributed by atoms with van der Waals surface area (Å²) in [7, 11) is 0. The highest BCUT2D eigenvalue weighted by atomic mass is 19.4. The number of nitrogens with zero attached hydrogens (tertiary/aromatic N) is 1. The molecule has 0 saturated heterocycles. The second kappa shape index (κ2) is 6.61. The van der Waals surface area contributed by atoms with E-state index in [4.69, 9.17) is 4.74 Å². The van der Waals surface area contributed by atoms with Crippen molar-refractivity contribution < 1.29 is 22.7 Å². The summed E-state index contributed by atoms with van der Waals surface area (Å²) < 4.78 is 43.3. The number of carbonyl (C=O) groups excluding carboxylic acids is 1. The van der Waals surface area contributed by atoms with Crippen LogP contribution in [0.2, 0.25) is 0 Å². The van der Waals surface area contributed by atoms with Crippen molar-refractivity contribution in [2.24, 2.45) is 5.41 Å². The summed E-state index contributed by atoms with van der Waals surface area (Å²) in [5.41, 5.74) is 0.597. The maximum absolute atomic E-state index is 12.8. The number of ether oxygens (including phenoxy) is 1. The topological polar surface area (TPSA) is 51.2 Å². The number of hydrogen-bond donors (Lipinski definition) is 1. The average molecular weight is 344 g/mol. The number of aromatic nitrogens is 1. The Morgan fingerprint density at radius 1 is 1.33 bits per heavy atom. The molecule has 1 N–H and O–H groups in total. The van der Waals surface area contributed by atoms with Gasteiger partial charge in [-0.25, -0.2) is 4.98 Å². The summed E-state index contributed by atoms with van der Waals surface area (Å²) in [6, 6.07) is 3.19. The van der Waals surface area contributed by atoms with Gasteiger partial charge in [0.05, 0.1) is 0 Å². The first-order valence-electron chi connectivity index (χ1n) is 8.00. The van der Waals surface area contributed by atoms with Crippen molar-refractivity contribution in [1.29, 1.82) is 0 Å². The number of nitrogens with one attached hydrogen (secondary N) is 1. The van der Waals surface area contributed by atoms with Crippen LogP contribution in [-0.4, -0.2) is 29.7 Å². The van der Waals surface area contributed by atoms with E-state index in [-0.39, 0.29) is 22.9 Å². The smallest absolute Gasteiger partial charge is 0.425 e. The molecule has 1 saturated carbocycles. The third-order valence-corrected chi connectivity index (χ3v) is 3.67. The van der Waals surface area contributed by atoms with Crippen LogP contribution in [0.15, 0.2) is 12.1 Å². The molecular formula is C17H23F3N2O2. The highest BCUT2D eigenvalue weighted by Crippen LogP contribution is 2.44. The Hall–Kier alpha value is -1.79. The molecule has 2 rings (SSSR count). The van der Waals surface area contributed by atoms with E-state index in [1.54, 1.807) is 6.07 Å². The Labute approximate surface area is 139 Å². The molecule has 1 amide bonds. The van der Waals surface area contributed by atoms with Gasteiger partial charge >= 0.3 is 6.18 Å². The van der Waals surface area contributed by atoms with Crippen molar-refractivity contribution >= 4 is 5.91 Å². The Balaban J connectivity index is 2.19. The molecule has 134 valence electrons. The molecule has 1 aliphatic carbocycles. The molecule has 24 heavy (non-hydrogen) atoms. The Kier molecular flexibility index (Phi) is 5.11. The van der Waals surface area contributed by atoms with Gasteiger partial charge in [-0.1, -0.05) is 26.8 Å². The second-order valence-electron chi connectivity index (χ2n) is 7.41. The van der Waals surface area contributed by atoms with Crippen LogP contribution in [0.4, 0.5) is 13.2 Å². The van der Waals surface area contributed by atoms with E-state index in [9.17, 15) is 18.0 Å². The van der Waals surface area contributed by atoms with Gasteiger partial charge in [0.15, 0.2) is 6.10 Å². The zero-order valence-electron chi connectivity index (χ0n) is 14.3. The van der Waals surface area contributed by atoms with Gasteiger partial charge < -0.3 is 10.1 Å². The van der Waals surface area contributed by atoms with Gasteiger partial charge in [0.2, 0.25) is 5.88 Å². The molecule has 7 heteroatoms. The van der Waals surface area contributed by atoms with Gasteiger partial charge in [0.1, 0.15) is 5.69 Å².